The van der Waals surface area contributed by atoms with Gasteiger partial charge in [-0.05, 0) is 48.9 Å². The van der Waals surface area contributed by atoms with Crippen LogP contribution < -0.4 is 5.32 Å². The molecule has 0 saturated heterocycles. The zero-order valence-corrected chi connectivity index (χ0v) is 14.0. The molecule has 0 aromatic heterocycles. The molecule has 3 aliphatic carbocycles. The van der Waals surface area contributed by atoms with Crippen LogP contribution in [-0.4, -0.2) is 36.5 Å². The zero-order valence-electron chi connectivity index (χ0n) is 14.0. The molecule has 0 heterocycles. The summed E-state index contributed by atoms with van der Waals surface area (Å²) in [7, 11) is 0. The summed E-state index contributed by atoms with van der Waals surface area (Å²) in [5.41, 5.74) is 0.609. The minimum Gasteiger partial charge on any atom is -0.389 e. The van der Waals surface area contributed by atoms with Crippen LogP contribution in [0.4, 0.5) is 0 Å². The molecule has 3 saturated carbocycles. The summed E-state index contributed by atoms with van der Waals surface area (Å²) in [6.07, 6.45) is 9.10. The van der Waals surface area contributed by atoms with E-state index in [0.717, 1.165) is 5.92 Å². The maximum atomic E-state index is 10.2. The van der Waals surface area contributed by atoms with Crippen molar-refractivity contribution in [2.75, 3.05) is 13.2 Å². The topological polar surface area (TPSA) is 41.5 Å². The molecular formula is C18H33NO2. The fourth-order valence-electron chi connectivity index (χ4n) is 5.37. The highest BCUT2D eigenvalue weighted by molar-refractivity contribution is 5.09. The number of aliphatic hydroxyl groups excluding tert-OH is 1. The van der Waals surface area contributed by atoms with Crippen LogP contribution in [0.1, 0.15) is 65.7 Å². The molecule has 3 heteroatoms. The lowest BCUT2D eigenvalue weighted by Crippen LogP contribution is -2.45. The first-order chi connectivity index (χ1) is 9.92. The Morgan fingerprint density at radius 2 is 1.90 bits per heavy atom. The average molecular weight is 295 g/mol. The molecule has 0 amide bonds. The Hall–Kier alpha value is -0.120. The van der Waals surface area contributed by atoms with Crippen molar-refractivity contribution >= 4 is 0 Å². The van der Waals surface area contributed by atoms with Crippen molar-refractivity contribution in [2.24, 2.45) is 16.7 Å². The predicted octanol–water partition coefficient (Wildman–Crippen LogP) is 3.11. The third kappa shape index (κ3) is 3.02. The van der Waals surface area contributed by atoms with Gasteiger partial charge >= 0.3 is 0 Å². The first-order valence-electron chi connectivity index (χ1n) is 8.95. The van der Waals surface area contributed by atoms with E-state index in [0.29, 0.717) is 30.7 Å². The molecule has 4 atom stereocenters. The Morgan fingerprint density at radius 1 is 1.19 bits per heavy atom. The number of fused-ring (bicyclic) bond motifs is 2. The van der Waals surface area contributed by atoms with Crippen LogP contribution in [0.5, 0.6) is 0 Å². The Kier molecular flexibility index (Phi) is 4.37. The SMILES string of the molecule is CC1(C)[C@@H]2CC[C@@](C)(C2)[C@@H]1OC[C@H](O)CNC1CCCC1. The first kappa shape index (κ1) is 15.8. The molecule has 0 radical (unpaired) electrons. The quantitative estimate of drug-likeness (QED) is 0.791. The minimum atomic E-state index is -0.371. The maximum Gasteiger partial charge on any atom is 0.0897 e. The predicted molar refractivity (Wildman–Crippen MR) is 85.2 cm³/mol. The molecule has 0 aliphatic heterocycles. The molecule has 0 spiro atoms. The number of aliphatic hydroxyl groups is 1. The molecule has 3 aliphatic rings. The van der Waals surface area contributed by atoms with E-state index >= 15 is 0 Å². The van der Waals surface area contributed by atoms with Gasteiger partial charge in [0.25, 0.3) is 0 Å². The van der Waals surface area contributed by atoms with E-state index in [2.05, 4.69) is 26.1 Å². The van der Waals surface area contributed by atoms with Crippen molar-refractivity contribution in [3.8, 4) is 0 Å². The second kappa shape index (κ2) is 5.82. The molecule has 21 heavy (non-hydrogen) atoms. The summed E-state index contributed by atoms with van der Waals surface area (Å²) >= 11 is 0. The van der Waals surface area contributed by atoms with Gasteiger partial charge in [0.1, 0.15) is 0 Å². The number of nitrogens with one attached hydrogen (secondary N) is 1. The smallest absolute Gasteiger partial charge is 0.0897 e. The van der Waals surface area contributed by atoms with Crippen molar-refractivity contribution in [1.29, 1.82) is 0 Å². The molecule has 3 fully saturated rings. The van der Waals surface area contributed by atoms with Gasteiger partial charge in [-0.2, -0.15) is 0 Å². The van der Waals surface area contributed by atoms with Crippen LogP contribution >= 0.6 is 0 Å². The molecular weight excluding hydrogens is 262 g/mol. The van der Waals surface area contributed by atoms with Gasteiger partial charge in [0, 0.05) is 12.6 Å². The summed E-state index contributed by atoms with van der Waals surface area (Å²) < 4.78 is 6.24. The third-order valence-electron chi connectivity index (χ3n) is 6.59. The Labute approximate surface area is 129 Å². The number of hydrogen-bond donors (Lipinski definition) is 2. The van der Waals surface area contributed by atoms with E-state index < -0.39 is 0 Å². The second-order valence-corrected chi connectivity index (χ2v) is 8.67. The average Bonchev–Trinajstić information content (AvgIpc) is 3.09. The molecule has 0 unspecified atom stereocenters. The Balaban J connectivity index is 1.46. The summed E-state index contributed by atoms with van der Waals surface area (Å²) in [5.74, 6) is 0.807. The van der Waals surface area contributed by atoms with E-state index in [1.54, 1.807) is 0 Å². The van der Waals surface area contributed by atoms with Crippen LogP contribution in [0.2, 0.25) is 0 Å². The van der Waals surface area contributed by atoms with E-state index in [-0.39, 0.29) is 11.5 Å². The maximum absolute atomic E-state index is 10.2. The van der Waals surface area contributed by atoms with Gasteiger partial charge in [0.2, 0.25) is 0 Å². The van der Waals surface area contributed by atoms with Crippen molar-refractivity contribution in [2.45, 2.75) is 84.0 Å². The monoisotopic (exact) mass is 295 g/mol. The Bertz CT molecular complexity index is 359. The lowest BCUT2D eigenvalue weighted by atomic mass is 9.70. The lowest BCUT2D eigenvalue weighted by molar-refractivity contribution is -0.110. The zero-order chi connectivity index (χ0) is 15.1. The van der Waals surface area contributed by atoms with E-state index in [1.165, 1.54) is 44.9 Å². The molecule has 2 bridgehead atoms. The highest BCUT2D eigenvalue weighted by Crippen LogP contribution is 2.63. The molecule has 0 aromatic carbocycles. The van der Waals surface area contributed by atoms with Gasteiger partial charge in [0.15, 0.2) is 0 Å². The summed E-state index contributed by atoms with van der Waals surface area (Å²) in [6.45, 7) is 8.26. The molecule has 3 rings (SSSR count). The Morgan fingerprint density at radius 3 is 2.52 bits per heavy atom. The normalized spacial score (nSPS) is 40.0. The molecule has 3 nitrogen and oxygen atoms in total. The fourth-order valence-corrected chi connectivity index (χ4v) is 5.37. The minimum absolute atomic E-state index is 0.269. The van der Waals surface area contributed by atoms with Gasteiger partial charge in [-0.1, -0.05) is 33.6 Å². The summed E-state index contributed by atoms with van der Waals surface area (Å²) in [5, 5.41) is 13.7. The van der Waals surface area contributed by atoms with Gasteiger partial charge in [-0.25, -0.2) is 0 Å². The van der Waals surface area contributed by atoms with E-state index in [9.17, 15) is 5.11 Å². The van der Waals surface area contributed by atoms with Crippen LogP contribution in [0, 0.1) is 16.7 Å². The molecule has 122 valence electrons. The highest BCUT2D eigenvalue weighted by atomic mass is 16.5. The fraction of sp³-hybridized carbons (Fsp3) is 1.00. The van der Waals surface area contributed by atoms with Gasteiger partial charge in [-0.3, -0.25) is 0 Å². The lowest BCUT2D eigenvalue weighted by Gasteiger charge is -2.42. The van der Waals surface area contributed by atoms with E-state index in [4.69, 9.17) is 4.74 Å². The molecule has 0 aromatic rings. The standard InChI is InChI=1S/C18H33NO2/c1-17(2)13-8-9-18(3,10-13)16(17)21-12-15(20)11-19-14-6-4-5-7-14/h13-16,19-20H,4-12H2,1-3H3/t13-,15-,16-,18+/m1/s1. The van der Waals surface area contributed by atoms with Crippen molar-refractivity contribution in [3.63, 3.8) is 0 Å². The van der Waals surface area contributed by atoms with Crippen molar-refractivity contribution < 1.29 is 9.84 Å². The summed E-state index contributed by atoms with van der Waals surface area (Å²) in [4.78, 5) is 0. The van der Waals surface area contributed by atoms with Crippen LogP contribution in [0.15, 0.2) is 0 Å². The van der Waals surface area contributed by atoms with Gasteiger partial charge in [0.05, 0.1) is 18.8 Å². The van der Waals surface area contributed by atoms with Gasteiger partial charge in [-0.15, -0.1) is 0 Å². The largest absolute Gasteiger partial charge is 0.389 e. The van der Waals surface area contributed by atoms with Gasteiger partial charge < -0.3 is 15.2 Å². The number of ether oxygens (including phenoxy) is 1. The number of rotatable bonds is 6. The van der Waals surface area contributed by atoms with Crippen LogP contribution in [0.25, 0.3) is 0 Å². The van der Waals surface area contributed by atoms with Crippen LogP contribution in [-0.2, 0) is 4.74 Å². The van der Waals surface area contributed by atoms with Crippen molar-refractivity contribution in [3.05, 3.63) is 0 Å². The first-order valence-corrected chi connectivity index (χ1v) is 8.95. The number of hydrogen-bond acceptors (Lipinski definition) is 3. The second-order valence-electron chi connectivity index (χ2n) is 8.67. The summed E-state index contributed by atoms with van der Waals surface area (Å²) in [6, 6.07) is 0.621. The molecule has 2 N–H and O–H groups in total. The van der Waals surface area contributed by atoms with Crippen molar-refractivity contribution in [1.82, 2.24) is 5.32 Å². The van der Waals surface area contributed by atoms with Crippen LogP contribution in [0.3, 0.4) is 0 Å². The third-order valence-corrected chi connectivity index (χ3v) is 6.59. The van der Waals surface area contributed by atoms with E-state index in [1.807, 2.05) is 0 Å². The highest BCUT2D eigenvalue weighted by Gasteiger charge is 2.60.